The Morgan fingerprint density at radius 2 is 1.84 bits per heavy atom. The van der Waals surface area contributed by atoms with Crippen LogP contribution in [-0.4, -0.2) is 21.4 Å². The SMILES string of the molecule is CC(C)N(C(=O)Cn1ccc2c([N+](=O)[O-])cccc21)c1ccccc1. The molecular weight excluding hydrogens is 318 g/mol. The fraction of sp³-hybridized carbons (Fsp3) is 0.211. The number of aromatic nitrogens is 1. The van der Waals surface area contributed by atoms with Crippen LogP contribution in [0, 0.1) is 10.1 Å². The Kier molecular flexibility index (Phi) is 4.52. The van der Waals surface area contributed by atoms with Crippen LogP contribution in [0.2, 0.25) is 0 Å². The Labute approximate surface area is 145 Å². The Hall–Kier alpha value is -3.15. The summed E-state index contributed by atoms with van der Waals surface area (Å²) in [6.07, 6.45) is 1.72. The fourth-order valence-electron chi connectivity index (χ4n) is 3.04. The number of carbonyl (C=O) groups is 1. The smallest absolute Gasteiger partial charge is 0.278 e. The predicted molar refractivity (Wildman–Crippen MR) is 97.7 cm³/mol. The summed E-state index contributed by atoms with van der Waals surface area (Å²) in [5.41, 5.74) is 1.57. The van der Waals surface area contributed by atoms with E-state index >= 15 is 0 Å². The number of para-hydroxylation sites is 1. The maximum Gasteiger partial charge on any atom is 0.278 e. The van der Waals surface area contributed by atoms with Crippen molar-refractivity contribution in [1.82, 2.24) is 4.57 Å². The van der Waals surface area contributed by atoms with E-state index in [-0.39, 0.29) is 24.2 Å². The zero-order chi connectivity index (χ0) is 18.0. The number of fused-ring (bicyclic) bond motifs is 1. The lowest BCUT2D eigenvalue weighted by Crippen LogP contribution is -2.39. The van der Waals surface area contributed by atoms with Crippen LogP contribution in [0.1, 0.15) is 13.8 Å². The molecule has 3 rings (SSSR count). The van der Waals surface area contributed by atoms with Gasteiger partial charge in [0, 0.05) is 24.0 Å². The number of amides is 1. The summed E-state index contributed by atoms with van der Waals surface area (Å²) < 4.78 is 1.75. The van der Waals surface area contributed by atoms with Gasteiger partial charge in [-0.1, -0.05) is 24.3 Å². The molecule has 0 radical (unpaired) electrons. The molecular formula is C19H19N3O3. The average Bonchev–Trinajstić information content (AvgIpc) is 2.98. The summed E-state index contributed by atoms with van der Waals surface area (Å²) in [5.74, 6) is -0.0646. The minimum Gasteiger partial charge on any atom is -0.338 e. The lowest BCUT2D eigenvalue weighted by atomic mass is 10.2. The summed E-state index contributed by atoms with van der Waals surface area (Å²) in [6.45, 7) is 4.05. The molecule has 0 aliphatic carbocycles. The monoisotopic (exact) mass is 337 g/mol. The summed E-state index contributed by atoms with van der Waals surface area (Å²) in [6, 6.07) is 16.1. The van der Waals surface area contributed by atoms with E-state index in [2.05, 4.69) is 0 Å². The van der Waals surface area contributed by atoms with Crippen LogP contribution in [0.15, 0.2) is 60.8 Å². The molecule has 0 fully saturated rings. The van der Waals surface area contributed by atoms with Gasteiger partial charge in [0.25, 0.3) is 5.69 Å². The Bertz CT molecular complexity index is 916. The summed E-state index contributed by atoms with van der Waals surface area (Å²) in [7, 11) is 0. The molecule has 1 aromatic heterocycles. The van der Waals surface area contributed by atoms with Crippen molar-refractivity contribution in [2.24, 2.45) is 0 Å². The number of hydrogen-bond acceptors (Lipinski definition) is 3. The van der Waals surface area contributed by atoms with E-state index in [0.717, 1.165) is 5.69 Å². The second kappa shape index (κ2) is 6.76. The maximum absolute atomic E-state index is 12.9. The Morgan fingerprint density at radius 3 is 2.48 bits per heavy atom. The van der Waals surface area contributed by atoms with Gasteiger partial charge in [-0.3, -0.25) is 14.9 Å². The topological polar surface area (TPSA) is 68.4 Å². The zero-order valence-corrected chi connectivity index (χ0v) is 14.1. The van der Waals surface area contributed by atoms with E-state index in [0.29, 0.717) is 10.9 Å². The number of anilines is 1. The lowest BCUT2D eigenvalue weighted by molar-refractivity contribution is -0.383. The molecule has 25 heavy (non-hydrogen) atoms. The molecule has 0 saturated heterocycles. The third-order valence-electron chi connectivity index (χ3n) is 4.11. The summed E-state index contributed by atoms with van der Waals surface area (Å²) in [4.78, 5) is 25.4. The van der Waals surface area contributed by atoms with Gasteiger partial charge in [0.15, 0.2) is 0 Å². The first-order chi connectivity index (χ1) is 12.0. The predicted octanol–water partition coefficient (Wildman–Crippen LogP) is 3.99. The Balaban J connectivity index is 1.94. The van der Waals surface area contributed by atoms with Crippen LogP contribution in [0.4, 0.5) is 11.4 Å². The van der Waals surface area contributed by atoms with E-state index in [1.54, 1.807) is 33.9 Å². The van der Waals surface area contributed by atoms with Crippen LogP contribution < -0.4 is 4.90 Å². The van der Waals surface area contributed by atoms with Crippen molar-refractivity contribution >= 4 is 28.2 Å². The number of hydrogen-bond donors (Lipinski definition) is 0. The molecule has 0 saturated carbocycles. The van der Waals surface area contributed by atoms with Gasteiger partial charge in [-0.2, -0.15) is 0 Å². The van der Waals surface area contributed by atoms with Gasteiger partial charge in [0.1, 0.15) is 6.54 Å². The average molecular weight is 337 g/mol. The molecule has 0 unspecified atom stereocenters. The molecule has 1 heterocycles. The molecule has 0 aliphatic heterocycles. The standard InChI is InChI=1S/C19H19N3O3/c1-14(2)21(15-7-4-3-5-8-15)19(23)13-20-12-11-16-17(20)9-6-10-18(16)22(24)25/h3-12,14H,13H2,1-2H3. The van der Waals surface area contributed by atoms with Crippen LogP contribution in [-0.2, 0) is 11.3 Å². The second-order valence-electron chi connectivity index (χ2n) is 6.10. The van der Waals surface area contributed by atoms with Crippen molar-refractivity contribution in [2.45, 2.75) is 26.4 Å². The molecule has 6 nitrogen and oxygen atoms in total. The highest BCUT2D eigenvalue weighted by atomic mass is 16.6. The minimum absolute atomic E-state index is 0.00561. The van der Waals surface area contributed by atoms with Crippen molar-refractivity contribution in [2.75, 3.05) is 4.90 Å². The van der Waals surface area contributed by atoms with Crippen molar-refractivity contribution in [3.63, 3.8) is 0 Å². The summed E-state index contributed by atoms with van der Waals surface area (Å²) in [5, 5.41) is 11.7. The molecule has 0 atom stereocenters. The Morgan fingerprint density at radius 1 is 1.12 bits per heavy atom. The molecule has 0 aliphatic rings. The van der Waals surface area contributed by atoms with E-state index in [1.807, 2.05) is 44.2 Å². The first-order valence-corrected chi connectivity index (χ1v) is 8.08. The van der Waals surface area contributed by atoms with Gasteiger partial charge in [-0.25, -0.2) is 0 Å². The molecule has 128 valence electrons. The first kappa shape index (κ1) is 16.7. The summed E-state index contributed by atoms with van der Waals surface area (Å²) >= 11 is 0. The van der Waals surface area contributed by atoms with Gasteiger partial charge in [0.05, 0.1) is 15.8 Å². The van der Waals surface area contributed by atoms with Crippen molar-refractivity contribution in [3.8, 4) is 0 Å². The molecule has 0 N–H and O–H groups in total. The van der Waals surface area contributed by atoms with Gasteiger partial charge in [-0.15, -0.1) is 0 Å². The number of benzene rings is 2. The molecule has 1 amide bonds. The number of nitrogens with zero attached hydrogens (tertiary/aromatic N) is 3. The zero-order valence-electron chi connectivity index (χ0n) is 14.1. The highest BCUT2D eigenvalue weighted by molar-refractivity contribution is 5.95. The number of carbonyl (C=O) groups excluding carboxylic acids is 1. The fourth-order valence-corrected chi connectivity index (χ4v) is 3.04. The van der Waals surface area contributed by atoms with Gasteiger partial charge >= 0.3 is 0 Å². The molecule has 3 aromatic rings. The highest BCUT2D eigenvalue weighted by Crippen LogP contribution is 2.26. The van der Waals surface area contributed by atoms with E-state index < -0.39 is 4.92 Å². The van der Waals surface area contributed by atoms with Gasteiger partial charge in [0.2, 0.25) is 5.91 Å². The van der Waals surface area contributed by atoms with Gasteiger partial charge < -0.3 is 9.47 Å². The van der Waals surface area contributed by atoms with Crippen molar-refractivity contribution in [3.05, 3.63) is 70.9 Å². The molecule has 0 spiro atoms. The normalized spacial score (nSPS) is 11.0. The van der Waals surface area contributed by atoms with Crippen molar-refractivity contribution < 1.29 is 9.72 Å². The minimum atomic E-state index is -0.404. The largest absolute Gasteiger partial charge is 0.338 e. The molecule has 0 bridgehead atoms. The second-order valence-corrected chi connectivity index (χ2v) is 6.10. The number of rotatable bonds is 5. The number of nitro groups is 1. The van der Waals surface area contributed by atoms with Crippen LogP contribution in [0.25, 0.3) is 10.9 Å². The maximum atomic E-state index is 12.9. The highest BCUT2D eigenvalue weighted by Gasteiger charge is 2.21. The van der Waals surface area contributed by atoms with Crippen LogP contribution in [0.3, 0.4) is 0 Å². The van der Waals surface area contributed by atoms with Gasteiger partial charge in [-0.05, 0) is 38.1 Å². The quantitative estimate of drug-likeness (QED) is 0.522. The first-order valence-electron chi connectivity index (χ1n) is 8.08. The molecule has 2 aromatic carbocycles. The van der Waals surface area contributed by atoms with E-state index in [9.17, 15) is 14.9 Å². The number of nitro benzene ring substituents is 1. The number of non-ortho nitro benzene ring substituents is 1. The van der Waals surface area contributed by atoms with E-state index in [1.165, 1.54) is 6.07 Å². The third kappa shape index (κ3) is 3.24. The van der Waals surface area contributed by atoms with Crippen LogP contribution in [0.5, 0.6) is 0 Å². The third-order valence-corrected chi connectivity index (χ3v) is 4.11. The van der Waals surface area contributed by atoms with Crippen LogP contribution >= 0.6 is 0 Å². The lowest BCUT2D eigenvalue weighted by Gasteiger charge is -2.27. The van der Waals surface area contributed by atoms with E-state index in [4.69, 9.17) is 0 Å². The van der Waals surface area contributed by atoms with Crippen molar-refractivity contribution in [1.29, 1.82) is 0 Å². The molecule has 6 heteroatoms.